The Morgan fingerprint density at radius 1 is 1.30 bits per heavy atom. The van der Waals surface area contributed by atoms with Crippen LogP contribution in [0, 0.1) is 16.1 Å². The molecule has 0 aromatic heterocycles. The Kier molecular flexibility index (Phi) is 5.20. The first-order valence-electron chi connectivity index (χ1n) is 5.92. The number of nitrogens with zero attached hydrogens (tertiary/aromatic N) is 1. The number of benzene rings is 1. The number of carboxylic acids is 1. The molecule has 1 aliphatic rings. The third kappa shape index (κ3) is 3.23. The van der Waals surface area contributed by atoms with Crippen molar-refractivity contribution in [1.82, 2.24) is 4.90 Å². The zero-order valence-electron chi connectivity index (χ0n) is 10.6. The van der Waals surface area contributed by atoms with Crippen LogP contribution in [0.25, 0.3) is 0 Å². The minimum Gasteiger partial charge on any atom is -0.481 e. The van der Waals surface area contributed by atoms with Gasteiger partial charge in [-0.2, -0.15) is 0 Å². The Balaban J connectivity index is 2.28. The van der Waals surface area contributed by atoms with Crippen LogP contribution in [0.3, 0.4) is 0 Å². The van der Waals surface area contributed by atoms with E-state index < -0.39 is 11.4 Å². The van der Waals surface area contributed by atoms with E-state index in [2.05, 4.69) is 67.8 Å². The van der Waals surface area contributed by atoms with Crippen LogP contribution < -0.4 is 0 Å². The number of amides is 1. The molecule has 20 heavy (non-hydrogen) atoms. The molecule has 1 amide bonds. The second-order valence-electron chi connectivity index (χ2n) is 5.09. The van der Waals surface area contributed by atoms with Crippen molar-refractivity contribution in [3.63, 3.8) is 0 Å². The highest BCUT2D eigenvalue weighted by atomic mass is 127. The van der Waals surface area contributed by atoms with Gasteiger partial charge in [0, 0.05) is 23.8 Å². The van der Waals surface area contributed by atoms with Gasteiger partial charge in [-0.3, -0.25) is 9.59 Å². The van der Waals surface area contributed by atoms with E-state index in [0.29, 0.717) is 18.5 Å². The predicted octanol–water partition coefficient (Wildman–Crippen LogP) is 3.44. The van der Waals surface area contributed by atoms with Gasteiger partial charge in [0.2, 0.25) is 0 Å². The minimum absolute atomic E-state index is 0.0733. The molecule has 4 nitrogen and oxygen atoms in total. The summed E-state index contributed by atoms with van der Waals surface area (Å²) in [5.74, 6) is -0.907. The first kappa shape index (κ1) is 16.7. The molecule has 1 aromatic carbocycles. The lowest BCUT2D eigenvalue weighted by Crippen LogP contribution is -2.35. The average Bonchev–Trinajstić information content (AvgIpc) is 2.77. The predicted molar refractivity (Wildman–Crippen MR) is 101 cm³/mol. The molecule has 1 unspecified atom stereocenters. The Bertz CT molecular complexity index is 590. The van der Waals surface area contributed by atoms with E-state index in [0.717, 1.165) is 10.7 Å². The van der Waals surface area contributed by atoms with Crippen LogP contribution in [0.4, 0.5) is 0 Å². The third-order valence-corrected chi connectivity index (χ3v) is 7.17. The van der Waals surface area contributed by atoms with Crippen molar-refractivity contribution in [3.8, 4) is 0 Å². The number of aliphatic carboxylic acids is 1. The van der Waals surface area contributed by atoms with Gasteiger partial charge in [-0.25, -0.2) is 0 Å². The number of hydrogen-bond acceptors (Lipinski definition) is 2. The maximum absolute atomic E-state index is 12.6. The van der Waals surface area contributed by atoms with Crippen molar-refractivity contribution in [2.75, 3.05) is 13.1 Å². The van der Waals surface area contributed by atoms with Crippen LogP contribution in [0.1, 0.15) is 23.7 Å². The van der Waals surface area contributed by atoms with Gasteiger partial charge in [0.1, 0.15) is 0 Å². The summed E-state index contributed by atoms with van der Waals surface area (Å²) in [5.41, 5.74) is -0.160. The Labute approximate surface area is 158 Å². The van der Waals surface area contributed by atoms with Crippen molar-refractivity contribution in [3.05, 3.63) is 28.4 Å². The van der Waals surface area contributed by atoms with Gasteiger partial charge in [0.05, 0.1) is 11.0 Å². The molecule has 1 atom stereocenters. The van der Waals surface area contributed by atoms with Crippen LogP contribution in [-0.2, 0) is 4.79 Å². The molecule has 1 aromatic rings. The molecular weight excluding hydrogens is 599 g/mol. The quantitative estimate of drug-likeness (QED) is 0.413. The topological polar surface area (TPSA) is 57.6 Å². The van der Waals surface area contributed by atoms with Crippen molar-refractivity contribution in [2.24, 2.45) is 5.41 Å². The Hall–Kier alpha value is 0.350. The highest BCUT2D eigenvalue weighted by Gasteiger charge is 2.42. The maximum atomic E-state index is 12.6. The fourth-order valence-corrected chi connectivity index (χ4v) is 4.58. The second kappa shape index (κ2) is 6.23. The smallest absolute Gasteiger partial charge is 0.311 e. The van der Waals surface area contributed by atoms with Crippen molar-refractivity contribution in [2.45, 2.75) is 13.3 Å². The van der Waals surface area contributed by atoms with E-state index in [-0.39, 0.29) is 12.5 Å². The lowest BCUT2D eigenvalue weighted by molar-refractivity contribution is -0.147. The summed E-state index contributed by atoms with van der Waals surface area (Å²) < 4.78 is 2.98. The van der Waals surface area contributed by atoms with Crippen LogP contribution in [0.5, 0.6) is 0 Å². The highest BCUT2D eigenvalue weighted by molar-refractivity contribution is 14.1. The van der Waals surface area contributed by atoms with Crippen molar-refractivity contribution < 1.29 is 14.7 Å². The summed E-state index contributed by atoms with van der Waals surface area (Å²) in [6, 6.07) is 3.88. The number of likely N-dealkylation sites (tertiary alicyclic amines) is 1. The third-order valence-electron chi connectivity index (χ3n) is 3.50. The molecule has 1 aliphatic heterocycles. The molecule has 1 heterocycles. The largest absolute Gasteiger partial charge is 0.481 e. The van der Waals surface area contributed by atoms with Crippen LogP contribution >= 0.6 is 67.8 Å². The molecule has 1 fully saturated rings. The van der Waals surface area contributed by atoms with E-state index in [1.807, 2.05) is 12.1 Å². The lowest BCUT2D eigenvalue weighted by atomic mass is 9.90. The van der Waals surface area contributed by atoms with E-state index in [1.165, 1.54) is 0 Å². The molecule has 0 spiro atoms. The normalized spacial score (nSPS) is 22.1. The van der Waals surface area contributed by atoms with Gasteiger partial charge in [-0.05, 0) is 93.2 Å². The molecule has 7 heteroatoms. The number of carbonyl (C=O) groups excluding carboxylic acids is 1. The SMILES string of the molecule is CC1(C(=O)O)CCN(C(=O)c2cc(I)cc(I)c2I)C1. The molecule has 0 aliphatic carbocycles. The number of carbonyl (C=O) groups is 2. The van der Waals surface area contributed by atoms with Gasteiger partial charge in [0.25, 0.3) is 5.91 Å². The molecule has 0 saturated carbocycles. The number of rotatable bonds is 2. The van der Waals surface area contributed by atoms with Crippen molar-refractivity contribution >= 4 is 79.6 Å². The summed E-state index contributed by atoms with van der Waals surface area (Å²) in [6.45, 7) is 2.48. The molecular formula is C13H12I3NO3. The van der Waals surface area contributed by atoms with Gasteiger partial charge in [-0.15, -0.1) is 0 Å². The molecule has 1 N–H and O–H groups in total. The summed E-state index contributed by atoms with van der Waals surface area (Å²) in [6.07, 6.45) is 0.506. The molecule has 108 valence electrons. The van der Waals surface area contributed by atoms with Crippen molar-refractivity contribution in [1.29, 1.82) is 0 Å². The van der Waals surface area contributed by atoms with Crippen LogP contribution in [-0.4, -0.2) is 35.0 Å². The summed E-state index contributed by atoms with van der Waals surface area (Å²) in [5, 5.41) is 9.24. The fraction of sp³-hybridized carbons (Fsp3) is 0.385. The van der Waals surface area contributed by atoms with Gasteiger partial charge >= 0.3 is 5.97 Å². The summed E-state index contributed by atoms with van der Waals surface area (Å²) >= 11 is 6.57. The fourth-order valence-electron chi connectivity index (χ4n) is 2.19. The van der Waals surface area contributed by atoms with Crippen LogP contribution in [0.15, 0.2) is 12.1 Å². The molecule has 1 saturated heterocycles. The first-order chi connectivity index (χ1) is 9.24. The Morgan fingerprint density at radius 3 is 2.50 bits per heavy atom. The Morgan fingerprint density at radius 2 is 1.95 bits per heavy atom. The van der Waals surface area contributed by atoms with E-state index in [1.54, 1.807) is 11.8 Å². The van der Waals surface area contributed by atoms with E-state index in [9.17, 15) is 14.7 Å². The highest BCUT2D eigenvalue weighted by Crippen LogP contribution is 2.32. The van der Waals surface area contributed by atoms with E-state index in [4.69, 9.17) is 0 Å². The van der Waals surface area contributed by atoms with Gasteiger partial charge in [-0.1, -0.05) is 0 Å². The molecule has 0 radical (unpaired) electrons. The summed E-state index contributed by atoms with van der Waals surface area (Å²) in [4.78, 5) is 25.5. The van der Waals surface area contributed by atoms with E-state index >= 15 is 0 Å². The number of halogens is 3. The monoisotopic (exact) mass is 611 g/mol. The van der Waals surface area contributed by atoms with Crippen LogP contribution in [0.2, 0.25) is 0 Å². The zero-order valence-corrected chi connectivity index (χ0v) is 17.1. The lowest BCUT2D eigenvalue weighted by Gasteiger charge is -2.21. The first-order valence-corrected chi connectivity index (χ1v) is 9.15. The maximum Gasteiger partial charge on any atom is 0.311 e. The number of carboxylic acid groups (broad SMARTS) is 1. The minimum atomic E-state index is -0.834. The summed E-state index contributed by atoms with van der Waals surface area (Å²) in [7, 11) is 0. The number of hydrogen-bond donors (Lipinski definition) is 1. The second-order valence-corrected chi connectivity index (χ2v) is 8.58. The van der Waals surface area contributed by atoms with Gasteiger partial charge in [0.15, 0.2) is 0 Å². The molecule has 2 rings (SSSR count). The zero-order chi connectivity index (χ0) is 15.1. The average molecular weight is 611 g/mol. The molecule has 0 bridgehead atoms. The van der Waals surface area contributed by atoms with Gasteiger partial charge < -0.3 is 10.0 Å². The standard InChI is InChI=1S/C13H12I3NO3/c1-13(12(19)20)2-3-17(6-13)11(18)8-4-7(14)5-9(15)10(8)16/h4-5H,2-3,6H2,1H3,(H,19,20).